The second kappa shape index (κ2) is 4.90. The molecule has 2 aromatic rings. The van der Waals surface area contributed by atoms with Crippen molar-refractivity contribution in [1.82, 2.24) is 9.47 Å². The first kappa shape index (κ1) is 13.1. The average Bonchev–Trinajstić information content (AvgIpc) is 3.20. The Bertz CT molecular complexity index is 687. The third kappa shape index (κ3) is 2.41. The molecule has 0 saturated heterocycles. The molecule has 3 rings (SSSR count). The molecule has 1 amide bonds. The van der Waals surface area contributed by atoms with Crippen LogP contribution in [-0.2, 0) is 11.3 Å². The molecule has 104 valence electrons. The van der Waals surface area contributed by atoms with E-state index in [1.54, 1.807) is 0 Å². The summed E-state index contributed by atoms with van der Waals surface area (Å²) in [6, 6.07) is 8.28. The van der Waals surface area contributed by atoms with Crippen LogP contribution >= 0.6 is 12.2 Å². The fraction of sp³-hybridized carbons (Fsp3) is 0.333. The number of hydrogen-bond acceptors (Lipinski definition) is 2. The molecule has 1 saturated carbocycles. The number of nitrogens with two attached hydrogens (primary N) is 1. The van der Waals surface area contributed by atoms with Crippen LogP contribution in [0.1, 0.15) is 18.4 Å². The molecule has 0 spiro atoms. The first-order chi connectivity index (χ1) is 9.56. The van der Waals surface area contributed by atoms with Crippen LogP contribution in [-0.4, -0.2) is 33.5 Å². The van der Waals surface area contributed by atoms with E-state index in [1.165, 1.54) is 0 Å². The van der Waals surface area contributed by atoms with Gasteiger partial charge in [-0.25, -0.2) is 0 Å². The molecule has 1 fully saturated rings. The summed E-state index contributed by atoms with van der Waals surface area (Å²) in [6.45, 7) is 0.358. The number of carbonyl (C=O) groups excluding carboxylic acids is 1. The highest BCUT2D eigenvalue weighted by molar-refractivity contribution is 7.80. The molecule has 4 nitrogen and oxygen atoms in total. The molecule has 2 N–H and O–H groups in total. The summed E-state index contributed by atoms with van der Waals surface area (Å²) in [7, 11) is 1.88. The van der Waals surface area contributed by atoms with E-state index in [2.05, 4.69) is 0 Å². The average molecular weight is 287 g/mol. The number of carbonyl (C=O) groups is 1. The molecule has 0 bridgehead atoms. The summed E-state index contributed by atoms with van der Waals surface area (Å²) in [5.74, 6) is 0.144. The van der Waals surface area contributed by atoms with Gasteiger partial charge in [0.05, 0.1) is 0 Å². The fourth-order valence-electron chi connectivity index (χ4n) is 2.40. The summed E-state index contributed by atoms with van der Waals surface area (Å²) in [6.07, 6.45) is 4.19. The van der Waals surface area contributed by atoms with Crippen molar-refractivity contribution >= 4 is 34.0 Å². The number of benzene rings is 1. The molecule has 1 aliphatic rings. The van der Waals surface area contributed by atoms with Crippen molar-refractivity contribution in [3.8, 4) is 0 Å². The number of hydrogen-bond donors (Lipinski definition) is 1. The molecule has 0 radical (unpaired) electrons. The van der Waals surface area contributed by atoms with Gasteiger partial charge in [0.25, 0.3) is 0 Å². The summed E-state index contributed by atoms with van der Waals surface area (Å²) in [5, 5.41) is 1.09. The minimum atomic E-state index is 0.144. The molecule has 1 aromatic carbocycles. The normalized spacial score (nSPS) is 14.4. The summed E-state index contributed by atoms with van der Waals surface area (Å²) in [5.41, 5.74) is 7.49. The molecule has 1 aromatic heterocycles. The van der Waals surface area contributed by atoms with Crippen molar-refractivity contribution in [2.45, 2.75) is 25.4 Å². The van der Waals surface area contributed by atoms with Gasteiger partial charge in [-0.1, -0.05) is 24.4 Å². The molecular formula is C15H17N3OS. The minimum absolute atomic E-state index is 0.144. The highest BCUT2D eigenvalue weighted by Crippen LogP contribution is 2.26. The van der Waals surface area contributed by atoms with Gasteiger partial charge in [-0.15, -0.1) is 0 Å². The Labute approximate surface area is 123 Å². The van der Waals surface area contributed by atoms with Gasteiger partial charge in [0.1, 0.15) is 11.5 Å². The van der Waals surface area contributed by atoms with E-state index in [1.807, 2.05) is 47.0 Å². The van der Waals surface area contributed by atoms with Crippen LogP contribution in [0.2, 0.25) is 0 Å². The van der Waals surface area contributed by atoms with Crippen molar-refractivity contribution in [1.29, 1.82) is 0 Å². The highest BCUT2D eigenvalue weighted by Gasteiger charge is 2.29. The maximum absolute atomic E-state index is 12.2. The van der Waals surface area contributed by atoms with Crippen LogP contribution < -0.4 is 5.73 Å². The molecule has 20 heavy (non-hydrogen) atoms. The first-order valence-corrected chi connectivity index (χ1v) is 7.11. The summed E-state index contributed by atoms with van der Waals surface area (Å²) in [4.78, 5) is 14.4. The van der Waals surface area contributed by atoms with Crippen molar-refractivity contribution in [3.05, 3.63) is 36.0 Å². The van der Waals surface area contributed by atoms with E-state index in [-0.39, 0.29) is 5.91 Å². The summed E-state index contributed by atoms with van der Waals surface area (Å²) < 4.78 is 1.96. The molecule has 5 heteroatoms. The smallest absolute Gasteiger partial charge is 0.242 e. The lowest BCUT2D eigenvalue weighted by molar-refractivity contribution is -0.130. The number of likely N-dealkylation sites (N-methyl/N-ethyl adjacent to an activating group) is 1. The van der Waals surface area contributed by atoms with Gasteiger partial charge >= 0.3 is 0 Å². The van der Waals surface area contributed by atoms with Crippen LogP contribution in [0.3, 0.4) is 0 Å². The predicted molar refractivity (Wildman–Crippen MR) is 83.6 cm³/mol. The van der Waals surface area contributed by atoms with Gasteiger partial charge in [-0.3, -0.25) is 4.79 Å². The number of aromatic nitrogens is 1. The number of fused-ring (bicyclic) bond motifs is 1. The second-order valence-electron chi connectivity index (χ2n) is 5.32. The van der Waals surface area contributed by atoms with Crippen LogP contribution in [0, 0.1) is 0 Å². The predicted octanol–water partition coefficient (Wildman–Crippen LogP) is 1.90. The molecule has 0 unspecified atom stereocenters. The Balaban J connectivity index is 1.88. The maximum Gasteiger partial charge on any atom is 0.242 e. The lowest BCUT2D eigenvalue weighted by Gasteiger charge is -2.17. The minimum Gasteiger partial charge on any atom is -0.389 e. The van der Waals surface area contributed by atoms with Crippen LogP contribution in [0.25, 0.3) is 10.9 Å². The fourth-order valence-corrected chi connectivity index (χ4v) is 2.52. The van der Waals surface area contributed by atoms with Gasteiger partial charge in [-0.2, -0.15) is 0 Å². The van der Waals surface area contributed by atoms with Crippen molar-refractivity contribution in [3.63, 3.8) is 0 Å². The molecule has 1 heterocycles. The van der Waals surface area contributed by atoms with E-state index < -0.39 is 0 Å². The third-order valence-electron chi connectivity index (χ3n) is 3.85. The van der Waals surface area contributed by atoms with Crippen molar-refractivity contribution in [2.75, 3.05) is 7.05 Å². The van der Waals surface area contributed by atoms with Gasteiger partial charge in [0, 0.05) is 30.4 Å². The van der Waals surface area contributed by atoms with Crippen molar-refractivity contribution in [2.24, 2.45) is 5.73 Å². The maximum atomic E-state index is 12.2. The first-order valence-electron chi connectivity index (χ1n) is 6.70. The highest BCUT2D eigenvalue weighted by atomic mass is 32.1. The van der Waals surface area contributed by atoms with E-state index in [9.17, 15) is 4.79 Å². The molecular weight excluding hydrogens is 270 g/mol. The Morgan fingerprint density at radius 2 is 2.20 bits per heavy atom. The topological polar surface area (TPSA) is 51.3 Å². The Kier molecular flexibility index (Phi) is 3.22. The monoisotopic (exact) mass is 287 g/mol. The van der Waals surface area contributed by atoms with E-state index in [0.29, 0.717) is 17.6 Å². The Morgan fingerprint density at radius 1 is 1.45 bits per heavy atom. The van der Waals surface area contributed by atoms with Crippen LogP contribution in [0.4, 0.5) is 0 Å². The standard InChI is InChI=1S/C15H17N3OS/c1-17(12-4-5-12)14(19)9-18-7-6-10-2-3-11(15(16)20)8-13(10)18/h2-3,6-8,12H,4-5,9H2,1H3,(H2,16,20). The molecule has 1 aliphatic carbocycles. The summed E-state index contributed by atoms with van der Waals surface area (Å²) >= 11 is 5.01. The number of rotatable bonds is 4. The quantitative estimate of drug-likeness (QED) is 0.874. The van der Waals surface area contributed by atoms with E-state index in [4.69, 9.17) is 18.0 Å². The second-order valence-corrected chi connectivity index (χ2v) is 5.76. The van der Waals surface area contributed by atoms with E-state index >= 15 is 0 Å². The Hall–Kier alpha value is -1.88. The molecule has 0 atom stereocenters. The lowest BCUT2D eigenvalue weighted by atomic mass is 10.1. The van der Waals surface area contributed by atoms with Crippen LogP contribution in [0.5, 0.6) is 0 Å². The largest absolute Gasteiger partial charge is 0.389 e. The lowest BCUT2D eigenvalue weighted by Crippen LogP contribution is -2.31. The van der Waals surface area contributed by atoms with Gasteiger partial charge in [-0.05, 0) is 30.4 Å². The number of thiocarbonyl (C=S) groups is 1. The third-order valence-corrected chi connectivity index (χ3v) is 4.09. The van der Waals surface area contributed by atoms with Crippen molar-refractivity contribution < 1.29 is 4.79 Å². The zero-order valence-electron chi connectivity index (χ0n) is 11.4. The molecule has 0 aliphatic heterocycles. The SMILES string of the molecule is CN(C(=O)Cn1ccc2ccc(C(N)=S)cc21)C1CC1. The van der Waals surface area contributed by atoms with E-state index in [0.717, 1.165) is 29.3 Å². The number of amides is 1. The van der Waals surface area contributed by atoms with Gasteiger partial charge in [0.15, 0.2) is 0 Å². The zero-order chi connectivity index (χ0) is 14.3. The van der Waals surface area contributed by atoms with Gasteiger partial charge in [0.2, 0.25) is 5.91 Å². The Morgan fingerprint density at radius 3 is 2.85 bits per heavy atom. The zero-order valence-corrected chi connectivity index (χ0v) is 12.2. The van der Waals surface area contributed by atoms with Gasteiger partial charge < -0.3 is 15.2 Å². The number of nitrogens with zero attached hydrogens (tertiary/aromatic N) is 2. The van der Waals surface area contributed by atoms with Crippen LogP contribution in [0.15, 0.2) is 30.5 Å².